The zero-order chi connectivity index (χ0) is 22.5. The van der Waals surface area contributed by atoms with Crippen LogP contribution in [0, 0.1) is 29.1 Å². The molecule has 0 spiro atoms. The van der Waals surface area contributed by atoms with E-state index in [4.69, 9.17) is 0 Å². The second-order valence-corrected chi connectivity index (χ2v) is 11.1. The third-order valence-electron chi connectivity index (χ3n) is 8.77. The smallest absolute Gasteiger partial charge is 0.306 e. The van der Waals surface area contributed by atoms with Gasteiger partial charge < -0.3 is 20.4 Å². The molecule has 0 aromatic rings. The molecule has 3 aliphatic rings. The Morgan fingerprint density at radius 1 is 1.13 bits per heavy atom. The Kier molecular flexibility index (Phi) is 6.32. The highest BCUT2D eigenvalue weighted by Crippen LogP contribution is 2.55. The summed E-state index contributed by atoms with van der Waals surface area (Å²) in [5, 5.41) is 42.7. The summed E-state index contributed by atoms with van der Waals surface area (Å²) in [6.45, 7) is 9.57. The van der Waals surface area contributed by atoms with Gasteiger partial charge in [-0.3, -0.25) is 4.79 Å². The van der Waals surface area contributed by atoms with Crippen molar-refractivity contribution in [1.82, 2.24) is 0 Å². The molecule has 5 nitrogen and oxygen atoms in total. The molecule has 2 saturated carbocycles. The van der Waals surface area contributed by atoms with Crippen molar-refractivity contribution in [2.45, 2.75) is 96.9 Å². The van der Waals surface area contributed by atoms with Gasteiger partial charge in [-0.1, -0.05) is 31.6 Å². The Bertz CT molecular complexity index is 734. The maximum atomic E-state index is 11.8. The van der Waals surface area contributed by atoms with Crippen LogP contribution in [0.25, 0.3) is 0 Å². The number of carboxylic acid groups (broad SMARTS) is 1. The van der Waals surface area contributed by atoms with Crippen LogP contribution in [0.4, 0.5) is 0 Å². The van der Waals surface area contributed by atoms with Crippen LogP contribution in [0.3, 0.4) is 0 Å². The van der Waals surface area contributed by atoms with Crippen LogP contribution < -0.4 is 0 Å². The van der Waals surface area contributed by atoms with Crippen molar-refractivity contribution in [3.8, 4) is 0 Å². The van der Waals surface area contributed by atoms with E-state index < -0.39 is 29.2 Å². The molecule has 0 amide bonds. The first-order valence-corrected chi connectivity index (χ1v) is 11.5. The number of aliphatic hydroxyl groups is 3. The monoisotopic (exact) mass is 420 g/mol. The Morgan fingerprint density at radius 3 is 2.43 bits per heavy atom. The summed E-state index contributed by atoms with van der Waals surface area (Å²) in [4.78, 5) is 11.8. The van der Waals surface area contributed by atoms with Crippen LogP contribution in [0.5, 0.6) is 0 Å². The molecule has 0 saturated heterocycles. The summed E-state index contributed by atoms with van der Waals surface area (Å²) < 4.78 is 0. The minimum absolute atomic E-state index is 0.0540. The van der Waals surface area contributed by atoms with E-state index >= 15 is 0 Å². The van der Waals surface area contributed by atoms with Gasteiger partial charge in [0.25, 0.3) is 0 Å². The average molecular weight is 421 g/mol. The van der Waals surface area contributed by atoms with Gasteiger partial charge in [-0.25, -0.2) is 0 Å². The highest BCUT2D eigenvalue weighted by molar-refractivity contribution is 5.70. The third kappa shape index (κ3) is 4.26. The van der Waals surface area contributed by atoms with Crippen molar-refractivity contribution >= 4 is 5.97 Å². The predicted octanol–water partition coefficient (Wildman–Crippen LogP) is 4.07. The zero-order valence-corrected chi connectivity index (χ0v) is 19.2. The molecule has 5 heteroatoms. The van der Waals surface area contributed by atoms with E-state index in [-0.39, 0.29) is 23.2 Å². The minimum Gasteiger partial charge on any atom is -0.481 e. The standard InChI is InChI=1S/C25H40O5/c1-15-6-7-19-18(16(2)22(27)28)8-11-23(19,3)14-21(26)25(5,30)13-10-20-17(15)9-12-24(20,4)29/h6,10,16-19,21,26,29-30H,7-9,11-14H2,1-5H3,(H,27,28)/t16-,17-,18-,19+,21+,23-,24+,25+/m0/s1. The molecule has 2 fully saturated rings. The topological polar surface area (TPSA) is 98.0 Å². The number of carbonyl (C=O) groups is 1. The summed E-state index contributed by atoms with van der Waals surface area (Å²) in [5.74, 6) is -0.870. The highest BCUT2D eigenvalue weighted by Gasteiger charge is 2.50. The fourth-order valence-electron chi connectivity index (χ4n) is 6.40. The van der Waals surface area contributed by atoms with Gasteiger partial charge in [-0.15, -0.1) is 0 Å². The van der Waals surface area contributed by atoms with E-state index in [0.29, 0.717) is 19.3 Å². The van der Waals surface area contributed by atoms with Crippen LogP contribution >= 0.6 is 0 Å². The lowest BCUT2D eigenvalue weighted by Crippen LogP contribution is -2.44. The predicted molar refractivity (Wildman–Crippen MR) is 117 cm³/mol. The van der Waals surface area contributed by atoms with Crippen molar-refractivity contribution in [2.75, 3.05) is 0 Å². The number of aliphatic hydroxyl groups excluding tert-OH is 1. The summed E-state index contributed by atoms with van der Waals surface area (Å²) in [6, 6.07) is 0. The van der Waals surface area contributed by atoms with Crippen LogP contribution in [-0.2, 0) is 4.79 Å². The normalized spacial score (nSPS) is 46.0. The Balaban J connectivity index is 2.03. The van der Waals surface area contributed by atoms with Gasteiger partial charge in [0.05, 0.1) is 23.2 Å². The van der Waals surface area contributed by atoms with E-state index in [1.54, 1.807) is 13.8 Å². The van der Waals surface area contributed by atoms with Gasteiger partial charge in [-0.2, -0.15) is 0 Å². The van der Waals surface area contributed by atoms with Gasteiger partial charge in [0, 0.05) is 5.92 Å². The molecule has 8 atom stereocenters. The maximum absolute atomic E-state index is 11.8. The first kappa shape index (κ1) is 23.5. The van der Waals surface area contributed by atoms with Gasteiger partial charge >= 0.3 is 5.97 Å². The molecular formula is C25H40O5. The molecular weight excluding hydrogens is 380 g/mol. The van der Waals surface area contributed by atoms with Crippen LogP contribution in [-0.4, -0.2) is 43.7 Å². The highest BCUT2D eigenvalue weighted by atomic mass is 16.4. The van der Waals surface area contributed by atoms with Crippen LogP contribution in [0.2, 0.25) is 0 Å². The molecule has 0 aromatic carbocycles. The number of hydrogen-bond donors (Lipinski definition) is 4. The Morgan fingerprint density at radius 2 is 1.80 bits per heavy atom. The van der Waals surface area contributed by atoms with E-state index in [9.17, 15) is 25.2 Å². The van der Waals surface area contributed by atoms with Crippen LogP contribution in [0.1, 0.15) is 79.6 Å². The lowest BCUT2D eigenvalue weighted by atomic mass is 9.67. The third-order valence-corrected chi connectivity index (χ3v) is 8.77. The Labute approximate surface area is 180 Å². The summed E-state index contributed by atoms with van der Waals surface area (Å²) >= 11 is 0. The van der Waals surface area contributed by atoms with Gasteiger partial charge in [0.1, 0.15) is 0 Å². The second-order valence-electron chi connectivity index (χ2n) is 11.1. The molecule has 30 heavy (non-hydrogen) atoms. The lowest BCUT2D eigenvalue weighted by Gasteiger charge is -2.40. The summed E-state index contributed by atoms with van der Waals surface area (Å²) in [6.07, 6.45) is 8.04. The number of carboxylic acids is 1. The fourth-order valence-corrected chi connectivity index (χ4v) is 6.40. The summed E-state index contributed by atoms with van der Waals surface area (Å²) in [7, 11) is 0. The quantitative estimate of drug-likeness (QED) is 0.505. The number of aliphatic carboxylic acids is 1. The fraction of sp³-hybridized carbons (Fsp3) is 0.800. The van der Waals surface area contributed by atoms with Crippen molar-refractivity contribution in [3.05, 3.63) is 23.3 Å². The first-order valence-electron chi connectivity index (χ1n) is 11.5. The number of allylic oxidation sites excluding steroid dienone is 2. The van der Waals surface area contributed by atoms with Crippen molar-refractivity contribution in [2.24, 2.45) is 29.1 Å². The SMILES string of the molecule is CC1=CC[C@@H]2[C@H]([C@H](C)C(=O)O)CC[C@@]2(C)C[C@@H](O)[C@](C)(O)CC=C2[C@H]1CC[C@@]2(C)O. The van der Waals surface area contributed by atoms with Gasteiger partial charge in [-0.05, 0) is 88.5 Å². The number of hydrogen-bond acceptors (Lipinski definition) is 4. The number of fused-ring (bicyclic) bond motifs is 2. The van der Waals surface area contributed by atoms with E-state index in [2.05, 4.69) is 19.9 Å². The molecule has 3 aliphatic carbocycles. The molecule has 0 bridgehead atoms. The lowest BCUT2D eigenvalue weighted by molar-refractivity contribution is -0.144. The molecule has 0 radical (unpaired) electrons. The minimum atomic E-state index is -1.29. The van der Waals surface area contributed by atoms with Crippen molar-refractivity contribution in [1.29, 1.82) is 0 Å². The molecule has 0 aliphatic heterocycles. The van der Waals surface area contributed by atoms with Crippen LogP contribution in [0.15, 0.2) is 23.3 Å². The average Bonchev–Trinajstić information content (AvgIpc) is 3.12. The van der Waals surface area contributed by atoms with Gasteiger partial charge in [0.2, 0.25) is 0 Å². The van der Waals surface area contributed by atoms with E-state index in [1.165, 1.54) is 5.57 Å². The maximum Gasteiger partial charge on any atom is 0.306 e. The second kappa shape index (κ2) is 8.07. The zero-order valence-electron chi connectivity index (χ0n) is 19.2. The van der Waals surface area contributed by atoms with E-state index in [1.807, 2.05) is 13.0 Å². The molecule has 3 rings (SSSR count). The number of rotatable bonds is 2. The molecule has 0 heterocycles. The summed E-state index contributed by atoms with van der Waals surface area (Å²) in [5.41, 5.74) is -0.254. The molecule has 4 N–H and O–H groups in total. The van der Waals surface area contributed by atoms with Gasteiger partial charge in [0.15, 0.2) is 0 Å². The Hall–Kier alpha value is -1.17. The molecule has 0 aromatic heterocycles. The first-order chi connectivity index (χ1) is 13.8. The molecule has 0 unspecified atom stereocenters. The van der Waals surface area contributed by atoms with Crippen molar-refractivity contribution < 1.29 is 25.2 Å². The largest absolute Gasteiger partial charge is 0.481 e. The molecule has 170 valence electrons. The van der Waals surface area contributed by atoms with E-state index in [0.717, 1.165) is 31.3 Å². The van der Waals surface area contributed by atoms with Crippen molar-refractivity contribution in [3.63, 3.8) is 0 Å².